The third-order valence-electron chi connectivity index (χ3n) is 3.67. The summed E-state index contributed by atoms with van der Waals surface area (Å²) in [5.74, 6) is -1.63. The van der Waals surface area contributed by atoms with Crippen molar-refractivity contribution in [2.45, 2.75) is 17.8 Å². The highest BCUT2D eigenvalue weighted by Crippen LogP contribution is 2.40. The Kier molecular flexibility index (Phi) is 4.42. The van der Waals surface area contributed by atoms with Crippen molar-refractivity contribution in [1.29, 1.82) is 0 Å². The molecule has 1 aromatic rings. The first-order chi connectivity index (χ1) is 11.0. The highest BCUT2D eigenvalue weighted by Gasteiger charge is 2.54. The van der Waals surface area contributed by atoms with Gasteiger partial charge in [-0.25, -0.2) is 4.79 Å². The quantitative estimate of drug-likeness (QED) is 0.644. The van der Waals surface area contributed by atoms with Crippen molar-refractivity contribution in [3.8, 4) is 0 Å². The predicted molar refractivity (Wildman–Crippen MR) is 84.8 cm³/mol. The molecule has 1 fully saturated rings. The van der Waals surface area contributed by atoms with Crippen LogP contribution in [-0.2, 0) is 20.8 Å². The first kappa shape index (κ1) is 16.0. The first-order valence-corrected chi connectivity index (χ1v) is 8.78. The van der Waals surface area contributed by atoms with Crippen LogP contribution in [0.4, 0.5) is 0 Å². The second-order valence-corrected chi connectivity index (χ2v) is 7.26. The van der Waals surface area contributed by atoms with Crippen LogP contribution in [0.15, 0.2) is 28.8 Å². The van der Waals surface area contributed by atoms with Gasteiger partial charge in [-0.3, -0.25) is 14.5 Å². The number of β-lactam (4-membered cyclic amide) rings is 1. The van der Waals surface area contributed by atoms with Gasteiger partial charge < -0.3 is 15.5 Å². The van der Waals surface area contributed by atoms with Gasteiger partial charge in [0.25, 0.3) is 5.91 Å². The van der Waals surface area contributed by atoms with Crippen molar-refractivity contribution in [2.24, 2.45) is 0 Å². The Morgan fingerprint density at radius 3 is 2.83 bits per heavy atom. The Hall–Kier alpha value is -1.84. The normalized spacial score (nSPS) is 23.3. The van der Waals surface area contributed by atoms with E-state index >= 15 is 0 Å². The molecule has 23 heavy (non-hydrogen) atoms. The molecule has 2 amide bonds. The number of carboxylic acids is 1. The van der Waals surface area contributed by atoms with E-state index in [0.29, 0.717) is 11.3 Å². The number of hydrogen-bond donors (Lipinski definition) is 3. The maximum absolute atomic E-state index is 12.2. The lowest BCUT2D eigenvalue weighted by Crippen LogP contribution is -2.70. The van der Waals surface area contributed by atoms with Gasteiger partial charge in [-0.15, -0.1) is 23.1 Å². The van der Waals surface area contributed by atoms with E-state index in [1.54, 1.807) is 0 Å². The number of aliphatic hydroxyl groups excluding tert-OH is 1. The molecule has 3 rings (SSSR count). The largest absolute Gasteiger partial charge is 0.477 e. The van der Waals surface area contributed by atoms with Crippen LogP contribution in [-0.4, -0.2) is 56.7 Å². The molecule has 0 aliphatic carbocycles. The number of hydrogen-bond acceptors (Lipinski definition) is 6. The zero-order valence-corrected chi connectivity index (χ0v) is 13.5. The molecule has 2 unspecified atom stereocenters. The van der Waals surface area contributed by atoms with Crippen molar-refractivity contribution in [3.05, 3.63) is 33.7 Å². The summed E-state index contributed by atoms with van der Waals surface area (Å²) >= 11 is 2.80. The molecule has 0 radical (unpaired) electrons. The van der Waals surface area contributed by atoms with E-state index in [9.17, 15) is 24.6 Å². The number of nitrogens with zero attached hydrogens (tertiary/aromatic N) is 1. The number of carboxylic acid groups (broad SMARTS) is 1. The van der Waals surface area contributed by atoms with Crippen LogP contribution < -0.4 is 5.32 Å². The fourth-order valence-corrected chi connectivity index (χ4v) is 4.64. The molecule has 0 bridgehead atoms. The van der Waals surface area contributed by atoms with Crippen LogP contribution in [0.5, 0.6) is 0 Å². The van der Waals surface area contributed by atoms with E-state index in [4.69, 9.17) is 0 Å². The summed E-state index contributed by atoms with van der Waals surface area (Å²) in [6.45, 7) is -0.402. The lowest BCUT2D eigenvalue weighted by atomic mass is 10.0. The van der Waals surface area contributed by atoms with Gasteiger partial charge in [-0.2, -0.15) is 0 Å². The molecule has 2 atom stereocenters. The summed E-state index contributed by atoms with van der Waals surface area (Å²) in [6.07, 6.45) is 0.197. The zero-order chi connectivity index (χ0) is 16.6. The number of amides is 2. The van der Waals surface area contributed by atoms with Crippen molar-refractivity contribution < 1.29 is 24.6 Å². The van der Waals surface area contributed by atoms with E-state index in [1.807, 2.05) is 17.5 Å². The van der Waals surface area contributed by atoms with Crippen molar-refractivity contribution in [2.75, 3.05) is 12.4 Å². The molecule has 1 aromatic heterocycles. The molecule has 122 valence electrons. The number of aliphatic carboxylic acids is 1. The van der Waals surface area contributed by atoms with Crippen molar-refractivity contribution in [1.82, 2.24) is 10.2 Å². The van der Waals surface area contributed by atoms with Gasteiger partial charge in [0.2, 0.25) is 5.91 Å². The van der Waals surface area contributed by atoms with Gasteiger partial charge in [0.05, 0.1) is 13.0 Å². The van der Waals surface area contributed by atoms with Gasteiger partial charge in [0.1, 0.15) is 17.1 Å². The van der Waals surface area contributed by atoms with E-state index in [0.717, 1.165) is 9.78 Å². The molecular formula is C14H14N2O5S2. The minimum absolute atomic E-state index is 0.162. The van der Waals surface area contributed by atoms with Gasteiger partial charge in [0, 0.05) is 10.6 Å². The Morgan fingerprint density at radius 2 is 2.22 bits per heavy atom. The molecule has 0 saturated carbocycles. The molecule has 2 aliphatic rings. The molecule has 1 saturated heterocycles. The number of nitrogens with one attached hydrogen (secondary N) is 1. The SMILES string of the molecule is O=C(Cc1cccs1)NC1C(=O)N2C(C(=O)O)=C(CO)CSC12. The predicted octanol–water partition coefficient (Wildman–Crippen LogP) is 0.0215. The van der Waals surface area contributed by atoms with Gasteiger partial charge in [0.15, 0.2) is 0 Å². The summed E-state index contributed by atoms with van der Waals surface area (Å²) in [5, 5.41) is 22.6. The first-order valence-electron chi connectivity index (χ1n) is 6.85. The topological polar surface area (TPSA) is 107 Å². The third-order valence-corrected chi connectivity index (χ3v) is 5.89. The van der Waals surface area contributed by atoms with Crippen molar-refractivity contribution in [3.63, 3.8) is 0 Å². The number of fused-ring (bicyclic) bond motifs is 1. The van der Waals surface area contributed by atoms with Gasteiger partial charge in [-0.1, -0.05) is 6.07 Å². The third kappa shape index (κ3) is 2.87. The van der Waals surface area contributed by atoms with E-state index in [2.05, 4.69) is 5.32 Å². The van der Waals surface area contributed by atoms with Crippen LogP contribution in [0, 0.1) is 0 Å². The average molecular weight is 354 g/mol. The second kappa shape index (κ2) is 6.34. The Labute approximate surface area is 140 Å². The standard InChI is InChI=1S/C14H14N2O5S2/c17-5-7-6-23-13-10(12(19)16(13)11(7)14(20)21)15-9(18)4-8-2-1-3-22-8/h1-3,10,13,17H,4-6H2,(H,15,18)(H,20,21). The molecular weight excluding hydrogens is 340 g/mol. The van der Waals surface area contributed by atoms with E-state index in [-0.39, 0.29) is 18.0 Å². The lowest BCUT2D eigenvalue weighted by Gasteiger charge is -2.49. The molecule has 3 heterocycles. The minimum atomic E-state index is -1.24. The molecule has 0 aromatic carbocycles. The fourth-order valence-electron chi connectivity index (χ4n) is 2.60. The lowest BCUT2D eigenvalue weighted by molar-refractivity contribution is -0.150. The van der Waals surface area contributed by atoms with Crippen LogP contribution in [0.25, 0.3) is 0 Å². The number of thiophene rings is 1. The van der Waals surface area contributed by atoms with Gasteiger partial charge in [-0.05, 0) is 17.0 Å². The Morgan fingerprint density at radius 1 is 1.43 bits per heavy atom. The molecule has 2 aliphatic heterocycles. The number of thioether (sulfide) groups is 1. The van der Waals surface area contributed by atoms with Crippen molar-refractivity contribution >= 4 is 40.9 Å². The number of carbonyl (C=O) groups is 3. The Balaban J connectivity index is 1.69. The summed E-state index contributed by atoms with van der Waals surface area (Å²) in [4.78, 5) is 37.6. The van der Waals surface area contributed by atoms with Crippen LogP contribution in [0.2, 0.25) is 0 Å². The van der Waals surface area contributed by atoms with E-state index in [1.165, 1.54) is 23.1 Å². The highest BCUT2D eigenvalue weighted by molar-refractivity contribution is 8.00. The maximum Gasteiger partial charge on any atom is 0.352 e. The van der Waals surface area contributed by atoms with Crippen LogP contribution >= 0.6 is 23.1 Å². The number of rotatable bonds is 5. The zero-order valence-electron chi connectivity index (χ0n) is 11.9. The number of carbonyl (C=O) groups excluding carboxylic acids is 2. The average Bonchev–Trinajstić information content (AvgIpc) is 3.03. The van der Waals surface area contributed by atoms with Gasteiger partial charge >= 0.3 is 5.97 Å². The minimum Gasteiger partial charge on any atom is -0.477 e. The van der Waals surface area contributed by atoms with Crippen LogP contribution in [0.3, 0.4) is 0 Å². The maximum atomic E-state index is 12.2. The molecule has 3 N–H and O–H groups in total. The fraction of sp³-hybridized carbons (Fsp3) is 0.357. The van der Waals surface area contributed by atoms with E-state index < -0.39 is 29.9 Å². The van der Waals surface area contributed by atoms with Crippen LogP contribution in [0.1, 0.15) is 4.88 Å². The molecule has 9 heteroatoms. The molecule has 7 nitrogen and oxygen atoms in total. The second-order valence-electron chi connectivity index (χ2n) is 5.13. The Bertz CT molecular complexity index is 685. The summed E-state index contributed by atoms with van der Waals surface area (Å²) in [7, 11) is 0. The molecule has 0 spiro atoms. The smallest absolute Gasteiger partial charge is 0.352 e. The number of aliphatic hydroxyl groups is 1. The summed E-state index contributed by atoms with van der Waals surface area (Å²) < 4.78 is 0. The highest BCUT2D eigenvalue weighted by atomic mass is 32.2. The summed E-state index contributed by atoms with van der Waals surface area (Å²) in [6, 6.07) is 2.97. The summed E-state index contributed by atoms with van der Waals surface area (Å²) in [5.41, 5.74) is 0.153. The monoisotopic (exact) mass is 354 g/mol.